The summed E-state index contributed by atoms with van der Waals surface area (Å²) in [6.45, 7) is 1.66. The first-order valence-electron chi connectivity index (χ1n) is 7.33. The second kappa shape index (κ2) is 7.57. The third-order valence-electron chi connectivity index (χ3n) is 3.46. The van der Waals surface area contributed by atoms with E-state index in [1.807, 2.05) is 54.6 Å². The van der Waals surface area contributed by atoms with E-state index in [0.717, 1.165) is 16.7 Å². The van der Waals surface area contributed by atoms with Crippen molar-refractivity contribution in [2.24, 2.45) is 0 Å². The number of benzene rings is 2. The van der Waals surface area contributed by atoms with Crippen LogP contribution in [0.5, 0.6) is 0 Å². The lowest BCUT2D eigenvalue weighted by Gasteiger charge is -2.06. The maximum Gasteiger partial charge on any atom is 0.331 e. The Balaban J connectivity index is 2.18. The van der Waals surface area contributed by atoms with Gasteiger partial charge in [0, 0.05) is 5.57 Å². The van der Waals surface area contributed by atoms with E-state index < -0.39 is 12.1 Å². The lowest BCUT2D eigenvalue weighted by Crippen LogP contribution is -2.05. The highest BCUT2D eigenvalue weighted by atomic mass is 16.4. The largest absolute Gasteiger partial charge is 0.478 e. The summed E-state index contributed by atoms with van der Waals surface area (Å²) in [5.41, 5.74) is 3.39. The smallest absolute Gasteiger partial charge is 0.331 e. The molecule has 0 spiro atoms. The van der Waals surface area contributed by atoms with Crippen molar-refractivity contribution in [2.45, 2.75) is 25.9 Å². The van der Waals surface area contributed by atoms with E-state index in [1.54, 1.807) is 13.0 Å². The molecule has 0 heterocycles. The molecule has 0 bridgehead atoms. The minimum Gasteiger partial charge on any atom is -0.478 e. The first-order valence-corrected chi connectivity index (χ1v) is 7.33. The number of aliphatic hydroxyl groups is 1. The van der Waals surface area contributed by atoms with E-state index in [0.29, 0.717) is 18.4 Å². The average Bonchev–Trinajstić information content (AvgIpc) is 2.52. The predicted molar refractivity (Wildman–Crippen MR) is 88.4 cm³/mol. The highest BCUT2D eigenvalue weighted by Crippen LogP contribution is 2.21. The van der Waals surface area contributed by atoms with Gasteiger partial charge in [0.05, 0.1) is 6.10 Å². The predicted octanol–water partition coefficient (Wildman–Crippen LogP) is 3.98. The molecule has 1 unspecified atom stereocenters. The van der Waals surface area contributed by atoms with E-state index in [1.165, 1.54) is 0 Å². The maximum absolute atomic E-state index is 11.3. The van der Waals surface area contributed by atoms with Crippen LogP contribution in [0.4, 0.5) is 0 Å². The summed E-state index contributed by atoms with van der Waals surface area (Å²) in [7, 11) is 0. The molecule has 2 aromatic carbocycles. The minimum atomic E-state index is -0.937. The fraction of sp³-hybridized carbons (Fsp3) is 0.211. The lowest BCUT2D eigenvalue weighted by atomic mass is 10.0. The van der Waals surface area contributed by atoms with Crippen LogP contribution in [0.3, 0.4) is 0 Å². The number of hydrogen-bond acceptors (Lipinski definition) is 2. The van der Waals surface area contributed by atoms with Crippen LogP contribution in [0.2, 0.25) is 0 Å². The maximum atomic E-state index is 11.3. The monoisotopic (exact) mass is 296 g/mol. The number of aliphatic carboxylic acids is 1. The van der Waals surface area contributed by atoms with Gasteiger partial charge in [0.25, 0.3) is 0 Å². The zero-order valence-electron chi connectivity index (χ0n) is 12.6. The Bertz CT molecular complexity index is 640. The molecule has 1 atom stereocenters. The summed E-state index contributed by atoms with van der Waals surface area (Å²) in [5, 5.41) is 18.5. The molecule has 22 heavy (non-hydrogen) atoms. The van der Waals surface area contributed by atoms with E-state index >= 15 is 0 Å². The van der Waals surface area contributed by atoms with Crippen LogP contribution in [0.1, 0.15) is 25.3 Å². The van der Waals surface area contributed by atoms with Gasteiger partial charge in [0.2, 0.25) is 0 Å². The van der Waals surface area contributed by atoms with Crippen molar-refractivity contribution in [3.05, 3.63) is 65.7 Å². The van der Waals surface area contributed by atoms with Gasteiger partial charge in [-0.25, -0.2) is 4.79 Å². The average molecular weight is 296 g/mol. The van der Waals surface area contributed by atoms with Gasteiger partial charge in [-0.2, -0.15) is 0 Å². The first-order chi connectivity index (χ1) is 10.6. The normalized spacial score (nSPS) is 12.9. The molecule has 0 aliphatic carbocycles. The van der Waals surface area contributed by atoms with E-state index in [-0.39, 0.29) is 0 Å². The fourth-order valence-electron chi connectivity index (χ4n) is 2.21. The topological polar surface area (TPSA) is 57.5 Å². The molecule has 0 saturated carbocycles. The van der Waals surface area contributed by atoms with Gasteiger partial charge < -0.3 is 10.2 Å². The zero-order valence-corrected chi connectivity index (χ0v) is 12.6. The minimum absolute atomic E-state index is 0.313. The van der Waals surface area contributed by atoms with Crippen molar-refractivity contribution in [3.63, 3.8) is 0 Å². The molecule has 2 rings (SSSR count). The quantitative estimate of drug-likeness (QED) is 0.793. The molecule has 2 N–H and O–H groups in total. The van der Waals surface area contributed by atoms with Gasteiger partial charge in [0.15, 0.2) is 0 Å². The third kappa shape index (κ3) is 4.57. The van der Waals surface area contributed by atoms with E-state index in [9.17, 15) is 15.0 Å². The van der Waals surface area contributed by atoms with Gasteiger partial charge in [0.1, 0.15) is 0 Å². The summed E-state index contributed by atoms with van der Waals surface area (Å²) in [5.74, 6) is -0.937. The Morgan fingerprint density at radius 1 is 1.05 bits per heavy atom. The fourth-order valence-corrected chi connectivity index (χ4v) is 2.21. The van der Waals surface area contributed by atoms with Crippen molar-refractivity contribution >= 4 is 12.0 Å². The molecular weight excluding hydrogens is 276 g/mol. The van der Waals surface area contributed by atoms with E-state index in [4.69, 9.17) is 0 Å². The first kappa shape index (κ1) is 16.0. The van der Waals surface area contributed by atoms with Crippen LogP contribution < -0.4 is 0 Å². The molecule has 2 aromatic rings. The van der Waals surface area contributed by atoms with Gasteiger partial charge in [-0.15, -0.1) is 0 Å². The SMILES string of the molecule is CC(O)CCC(=Cc1ccc(-c2ccccc2)cc1)C(=O)O. The van der Waals surface area contributed by atoms with Crippen LogP contribution in [0, 0.1) is 0 Å². The summed E-state index contributed by atoms with van der Waals surface area (Å²) in [4.78, 5) is 11.3. The van der Waals surface area contributed by atoms with Crippen molar-refractivity contribution in [3.8, 4) is 11.1 Å². The molecule has 0 aliphatic heterocycles. The Hall–Kier alpha value is -2.39. The van der Waals surface area contributed by atoms with Crippen LogP contribution in [0.15, 0.2) is 60.2 Å². The van der Waals surface area contributed by atoms with Crippen molar-refractivity contribution in [1.82, 2.24) is 0 Å². The van der Waals surface area contributed by atoms with Crippen molar-refractivity contribution in [1.29, 1.82) is 0 Å². The molecule has 114 valence electrons. The number of hydrogen-bond donors (Lipinski definition) is 2. The Morgan fingerprint density at radius 2 is 1.64 bits per heavy atom. The molecule has 3 heteroatoms. The number of rotatable bonds is 6. The summed E-state index contributed by atoms with van der Waals surface area (Å²) in [6, 6.07) is 17.8. The molecule has 0 amide bonds. The second-order valence-electron chi connectivity index (χ2n) is 5.35. The zero-order chi connectivity index (χ0) is 15.9. The van der Waals surface area contributed by atoms with Gasteiger partial charge in [-0.1, -0.05) is 54.6 Å². The number of carboxylic acid groups (broad SMARTS) is 1. The summed E-state index contributed by atoms with van der Waals surface area (Å²) in [6.07, 6.45) is 1.97. The van der Waals surface area contributed by atoms with Crippen LogP contribution in [0.25, 0.3) is 17.2 Å². The Labute approximate surface area is 130 Å². The highest BCUT2D eigenvalue weighted by Gasteiger charge is 2.09. The van der Waals surface area contributed by atoms with Crippen LogP contribution >= 0.6 is 0 Å². The molecule has 0 aliphatic rings. The van der Waals surface area contributed by atoms with Gasteiger partial charge >= 0.3 is 5.97 Å². The summed E-state index contributed by atoms with van der Waals surface area (Å²) < 4.78 is 0. The van der Waals surface area contributed by atoms with Crippen LogP contribution in [-0.2, 0) is 4.79 Å². The number of carbonyl (C=O) groups is 1. The summed E-state index contributed by atoms with van der Waals surface area (Å²) >= 11 is 0. The highest BCUT2D eigenvalue weighted by molar-refractivity contribution is 5.92. The molecule has 0 fully saturated rings. The third-order valence-corrected chi connectivity index (χ3v) is 3.46. The molecule has 0 saturated heterocycles. The Morgan fingerprint density at radius 3 is 2.18 bits per heavy atom. The Kier molecular flexibility index (Phi) is 5.50. The molecule has 3 nitrogen and oxygen atoms in total. The van der Waals surface area contributed by atoms with Gasteiger partial charge in [-0.05, 0) is 42.5 Å². The standard InChI is InChI=1S/C19H20O3/c1-14(20)7-10-18(19(21)22)13-15-8-11-17(12-9-15)16-5-3-2-4-6-16/h2-6,8-9,11-14,20H,7,10H2,1H3,(H,21,22). The lowest BCUT2D eigenvalue weighted by molar-refractivity contribution is -0.132. The molecule has 0 radical (unpaired) electrons. The van der Waals surface area contributed by atoms with Crippen molar-refractivity contribution in [2.75, 3.05) is 0 Å². The molecular formula is C19H20O3. The second-order valence-corrected chi connectivity index (χ2v) is 5.35. The van der Waals surface area contributed by atoms with E-state index in [2.05, 4.69) is 0 Å². The van der Waals surface area contributed by atoms with Gasteiger partial charge in [-0.3, -0.25) is 0 Å². The van der Waals surface area contributed by atoms with Crippen molar-refractivity contribution < 1.29 is 15.0 Å². The number of carboxylic acids is 1. The van der Waals surface area contributed by atoms with Crippen LogP contribution in [-0.4, -0.2) is 22.3 Å². The molecule has 0 aromatic heterocycles. The number of aliphatic hydroxyl groups excluding tert-OH is 1.